The number of ether oxygens (including phenoxy) is 1. The van der Waals surface area contributed by atoms with E-state index < -0.39 is 5.60 Å². The van der Waals surface area contributed by atoms with E-state index in [0.29, 0.717) is 13.1 Å². The smallest absolute Gasteiger partial charge is 0.410 e. The van der Waals surface area contributed by atoms with Crippen molar-refractivity contribution in [1.82, 2.24) is 4.90 Å². The summed E-state index contributed by atoms with van der Waals surface area (Å²) < 4.78 is 5.33. The summed E-state index contributed by atoms with van der Waals surface area (Å²) >= 11 is 0. The fourth-order valence-electron chi connectivity index (χ4n) is 1.96. The maximum absolute atomic E-state index is 11.9. The molecule has 0 spiro atoms. The molecule has 1 heterocycles. The number of carbonyl (C=O) groups excluding carboxylic acids is 1. The molecule has 0 aliphatic carbocycles. The molecule has 102 valence electrons. The summed E-state index contributed by atoms with van der Waals surface area (Å²) in [6.07, 6.45) is 1.62. The molecular formula is C15H19NO3. The lowest BCUT2D eigenvalue weighted by molar-refractivity contribution is 0.0306. The summed E-state index contributed by atoms with van der Waals surface area (Å²) in [6, 6.07) is 7.14. The standard InChI is InChI=1S/C15H19NO3/c1-15(2,3)19-14(18)16-9-8-11(10-16)12-6-4-5-7-13(12)17/h4-8,17H,9-10H2,1-3H3. The fraction of sp³-hybridized carbons (Fsp3) is 0.400. The van der Waals surface area contributed by atoms with Crippen LogP contribution in [0.3, 0.4) is 0 Å². The molecule has 0 saturated heterocycles. The van der Waals surface area contributed by atoms with E-state index in [2.05, 4.69) is 0 Å². The first-order valence-corrected chi connectivity index (χ1v) is 6.32. The molecule has 0 atom stereocenters. The van der Waals surface area contributed by atoms with Gasteiger partial charge < -0.3 is 14.7 Å². The SMILES string of the molecule is CC(C)(C)OC(=O)N1CC=C(c2ccccc2O)C1. The van der Waals surface area contributed by atoms with Crippen LogP contribution >= 0.6 is 0 Å². The molecule has 0 saturated carbocycles. The minimum Gasteiger partial charge on any atom is -0.507 e. The normalized spacial score (nSPS) is 15.3. The van der Waals surface area contributed by atoms with E-state index in [1.54, 1.807) is 17.0 Å². The molecule has 0 radical (unpaired) electrons. The summed E-state index contributed by atoms with van der Waals surface area (Å²) in [5.74, 6) is 0.236. The lowest BCUT2D eigenvalue weighted by Gasteiger charge is -2.24. The predicted molar refractivity (Wildman–Crippen MR) is 73.9 cm³/mol. The van der Waals surface area contributed by atoms with E-state index in [1.165, 1.54) is 0 Å². The highest BCUT2D eigenvalue weighted by atomic mass is 16.6. The molecule has 1 aliphatic rings. The Balaban J connectivity index is 2.04. The number of phenolic OH excluding ortho intramolecular Hbond substituents is 1. The first-order valence-electron chi connectivity index (χ1n) is 6.32. The van der Waals surface area contributed by atoms with Gasteiger partial charge in [-0.15, -0.1) is 0 Å². The monoisotopic (exact) mass is 261 g/mol. The molecular weight excluding hydrogens is 242 g/mol. The number of rotatable bonds is 1. The first kappa shape index (κ1) is 13.5. The largest absolute Gasteiger partial charge is 0.507 e. The van der Waals surface area contributed by atoms with Gasteiger partial charge in [-0.05, 0) is 32.4 Å². The van der Waals surface area contributed by atoms with Crippen molar-refractivity contribution in [3.63, 3.8) is 0 Å². The number of benzene rings is 1. The van der Waals surface area contributed by atoms with Crippen LogP contribution in [-0.4, -0.2) is 34.8 Å². The number of para-hydroxylation sites is 1. The Bertz CT molecular complexity index is 514. The number of nitrogens with zero attached hydrogens (tertiary/aromatic N) is 1. The van der Waals surface area contributed by atoms with Crippen LogP contribution in [0.25, 0.3) is 5.57 Å². The number of aromatic hydroxyl groups is 1. The van der Waals surface area contributed by atoms with Crippen LogP contribution in [0.15, 0.2) is 30.3 Å². The van der Waals surface area contributed by atoms with Crippen molar-refractivity contribution in [1.29, 1.82) is 0 Å². The van der Waals surface area contributed by atoms with Crippen LogP contribution in [0.4, 0.5) is 4.79 Å². The van der Waals surface area contributed by atoms with Gasteiger partial charge in [0.1, 0.15) is 11.4 Å². The predicted octanol–water partition coefficient (Wildman–Crippen LogP) is 3.03. The summed E-state index contributed by atoms with van der Waals surface area (Å²) in [7, 11) is 0. The van der Waals surface area contributed by atoms with E-state index in [4.69, 9.17) is 4.74 Å². The second-order valence-electron chi connectivity index (χ2n) is 5.61. The molecule has 1 N–H and O–H groups in total. The van der Waals surface area contributed by atoms with Crippen molar-refractivity contribution >= 4 is 11.7 Å². The molecule has 1 amide bonds. The third-order valence-electron chi connectivity index (χ3n) is 2.82. The summed E-state index contributed by atoms with van der Waals surface area (Å²) in [4.78, 5) is 13.5. The zero-order chi connectivity index (χ0) is 14.0. The average molecular weight is 261 g/mol. The van der Waals surface area contributed by atoms with E-state index in [0.717, 1.165) is 11.1 Å². The van der Waals surface area contributed by atoms with Gasteiger partial charge in [-0.3, -0.25) is 0 Å². The Kier molecular flexibility index (Phi) is 3.51. The third-order valence-corrected chi connectivity index (χ3v) is 2.82. The molecule has 0 aromatic heterocycles. The Morgan fingerprint density at radius 3 is 2.63 bits per heavy atom. The zero-order valence-corrected chi connectivity index (χ0v) is 11.5. The number of carbonyl (C=O) groups is 1. The zero-order valence-electron chi connectivity index (χ0n) is 11.5. The van der Waals surface area contributed by atoms with Crippen LogP contribution in [0.2, 0.25) is 0 Å². The molecule has 1 aromatic rings. The number of hydrogen-bond acceptors (Lipinski definition) is 3. The molecule has 1 aromatic carbocycles. The Morgan fingerprint density at radius 2 is 2.00 bits per heavy atom. The average Bonchev–Trinajstić information content (AvgIpc) is 2.76. The van der Waals surface area contributed by atoms with Crippen molar-refractivity contribution in [2.75, 3.05) is 13.1 Å². The second kappa shape index (κ2) is 4.96. The molecule has 0 unspecified atom stereocenters. The highest BCUT2D eigenvalue weighted by molar-refractivity contribution is 5.79. The van der Waals surface area contributed by atoms with E-state index >= 15 is 0 Å². The molecule has 2 rings (SSSR count). The quantitative estimate of drug-likeness (QED) is 0.845. The number of hydrogen-bond donors (Lipinski definition) is 1. The van der Waals surface area contributed by atoms with Crippen LogP contribution in [0.1, 0.15) is 26.3 Å². The number of phenols is 1. The van der Waals surface area contributed by atoms with Gasteiger partial charge in [-0.25, -0.2) is 4.79 Å². The summed E-state index contributed by atoms with van der Waals surface area (Å²) in [6.45, 7) is 6.51. The van der Waals surface area contributed by atoms with Crippen molar-refractivity contribution in [2.45, 2.75) is 26.4 Å². The fourth-order valence-corrected chi connectivity index (χ4v) is 1.96. The van der Waals surface area contributed by atoms with Gasteiger partial charge in [0.2, 0.25) is 0 Å². The van der Waals surface area contributed by atoms with Crippen LogP contribution in [0, 0.1) is 0 Å². The number of amides is 1. The minimum absolute atomic E-state index is 0.236. The Morgan fingerprint density at radius 1 is 1.32 bits per heavy atom. The Hall–Kier alpha value is -1.97. The van der Waals surface area contributed by atoms with Gasteiger partial charge in [-0.1, -0.05) is 24.3 Å². The Labute approximate surface area is 113 Å². The first-order chi connectivity index (χ1) is 8.87. The molecule has 19 heavy (non-hydrogen) atoms. The van der Waals surface area contributed by atoms with Gasteiger partial charge in [0.05, 0.1) is 0 Å². The second-order valence-corrected chi connectivity index (χ2v) is 5.61. The highest BCUT2D eigenvalue weighted by Gasteiger charge is 2.26. The van der Waals surface area contributed by atoms with Crippen molar-refractivity contribution < 1.29 is 14.6 Å². The van der Waals surface area contributed by atoms with E-state index in [-0.39, 0.29) is 11.8 Å². The lowest BCUT2D eigenvalue weighted by atomic mass is 10.1. The van der Waals surface area contributed by atoms with Gasteiger partial charge in [-0.2, -0.15) is 0 Å². The van der Waals surface area contributed by atoms with Gasteiger partial charge >= 0.3 is 6.09 Å². The summed E-state index contributed by atoms with van der Waals surface area (Å²) in [5.41, 5.74) is 1.23. The topological polar surface area (TPSA) is 49.8 Å². The van der Waals surface area contributed by atoms with E-state index in [1.807, 2.05) is 39.0 Å². The van der Waals surface area contributed by atoms with Crippen molar-refractivity contribution in [2.24, 2.45) is 0 Å². The van der Waals surface area contributed by atoms with Crippen LogP contribution in [-0.2, 0) is 4.74 Å². The summed E-state index contributed by atoms with van der Waals surface area (Å²) in [5, 5.41) is 9.81. The minimum atomic E-state index is -0.491. The maximum atomic E-state index is 11.9. The van der Waals surface area contributed by atoms with Crippen molar-refractivity contribution in [3.8, 4) is 5.75 Å². The van der Waals surface area contributed by atoms with Crippen molar-refractivity contribution in [3.05, 3.63) is 35.9 Å². The molecule has 4 nitrogen and oxygen atoms in total. The highest BCUT2D eigenvalue weighted by Crippen LogP contribution is 2.28. The maximum Gasteiger partial charge on any atom is 0.410 e. The van der Waals surface area contributed by atoms with Gasteiger partial charge in [0.25, 0.3) is 0 Å². The molecule has 4 heteroatoms. The van der Waals surface area contributed by atoms with Gasteiger partial charge in [0.15, 0.2) is 0 Å². The molecule has 0 bridgehead atoms. The van der Waals surface area contributed by atoms with E-state index in [9.17, 15) is 9.90 Å². The lowest BCUT2D eigenvalue weighted by Crippen LogP contribution is -2.35. The van der Waals surface area contributed by atoms with Crippen LogP contribution in [0.5, 0.6) is 5.75 Å². The van der Waals surface area contributed by atoms with Crippen LogP contribution < -0.4 is 0 Å². The third kappa shape index (κ3) is 3.28. The molecule has 1 aliphatic heterocycles. The molecule has 0 fully saturated rings. The van der Waals surface area contributed by atoms with Gasteiger partial charge in [0, 0.05) is 18.7 Å².